The van der Waals surface area contributed by atoms with Crippen LogP contribution < -0.4 is 5.32 Å². The number of amides is 1. The highest BCUT2D eigenvalue weighted by atomic mass is 16.2. The van der Waals surface area contributed by atoms with Crippen LogP contribution in [0.5, 0.6) is 0 Å². The van der Waals surface area contributed by atoms with Crippen molar-refractivity contribution in [3.8, 4) is 0 Å². The standard InChI is InChI=1S/C7H11N3O.2C2H6/c1-3-6-4-5-9-10(6)7(11)8-2;2*1-2/h4-5H,3H2,1-2H3,(H,8,11);2*1-2H3. The van der Waals surface area contributed by atoms with Gasteiger partial charge in [-0.1, -0.05) is 34.6 Å². The molecule has 1 aromatic rings. The van der Waals surface area contributed by atoms with E-state index >= 15 is 0 Å². The Kier molecular flexibility index (Phi) is 11.6. The molecule has 88 valence electrons. The molecular weight excluding hydrogens is 190 g/mol. The summed E-state index contributed by atoms with van der Waals surface area (Å²) in [5.74, 6) is 0. The van der Waals surface area contributed by atoms with E-state index in [1.807, 2.05) is 40.7 Å². The monoisotopic (exact) mass is 213 g/mol. The van der Waals surface area contributed by atoms with Gasteiger partial charge in [0.2, 0.25) is 0 Å². The van der Waals surface area contributed by atoms with Gasteiger partial charge in [-0.15, -0.1) is 0 Å². The minimum absolute atomic E-state index is 0.188. The molecule has 1 rings (SSSR count). The van der Waals surface area contributed by atoms with Gasteiger partial charge in [-0.25, -0.2) is 4.79 Å². The van der Waals surface area contributed by atoms with Crippen molar-refractivity contribution in [2.75, 3.05) is 7.05 Å². The molecule has 1 N–H and O–H groups in total. The van der Waals surface area contributed by atoms with E-state index in [1.165, 1.54) is 4.68 Å². The number of aromatic nitrogens is 2. The lowest BCUT2D eigenvalue weighted by atomic mass is 10.3. The number of carbonyl (C=O) groups excluding carboxylic acids is 1. The number of carbonyl (C=O) groups is 1. The molecule has 0 saturated carbocycles. The number of rotatable bonds is 1. The highest BCUT2D eigenvalue weighted by Gasteiger charge is 2.05. The van der Waals surface area contributed by atoms with E-state index in [9.17, 15) is 4.79 Å². The molecule has 0 aliphatic carbocycles. The molecule has 4 nitrogen and oxygen atoms in total. The van der Waals surface area contributed by atoms with Crippen LogP contribution in [0.25, 0.3) is 0 Å². The van der Waals surface area contributed by atoms with Gasteiger partial charge in [0.05, 0.1) is 0 Å². The van der Waals surface area contributed by atoms with Crippen LogP contribution in [0.1, 0.15) is 40.3 Å². The van der Waals surface area contributed by atoms with E-state index in [-0.39, 0.29) is 6.03 Å². The molecule has 1 aromatic heterocycles. The van der Waals surface area contributed by atoms with Crippen molar-refractivity contribution in [2.45, 2.75) is 41.0 Å². The first kappa shape index (κ1) is 16.1. The lowest BCUT2D eigenvalue weighted by Crippen LogP contribution is -2.26. The zero-order valence-electron chi connectivity index (χ0n) is 10.7. The van der Waals surface area contributed by atoms with Gasteiger partial charge in [0, 0.05) is 18.9 Å². The molecule has 0 bridgehead atoms. The maximum absolute atomic E-state index is 11.0. The van der Waals surface area contributed by atoms with Gasteiger partial charge >= 0.3 is 6.03 Å². The summed E-state index contributed by atoms with van der Waals surface area (Å²) >= 11 is 0. The zero-order valence-corrected chi connectivity index (χ0v) is 10.7. The summed E-state index contributed by atoms with van der Waals surface area (Å²) in [4.78, 5) is 11.0. The van der Waals surface area contributed by atoms with Crippen LogP contribution in [0.2, 0.25) is 0 Å². The molecule has 0 radical (unpaired) electrons. The molecule has 0 unspecified atom stereocenters. The molecule has 15 heavy (non-hydrogen) atoms. The van der Waals surface area contributed by atoms with Crippen molar-refractivity contribution in [3.63, 3.8) is 0 Å². The van der Waals surface area contributed by atoms with Crippen LogP contribution in [0.4, 0.5) is 4.79 Å². The lowest BCUT2D eigenvalue weighted by Gasteiger charge is -2.01. The van der Waals surface area contributed by atoms with E-state index in [4.69, 9.17) is 0 Å². The van der Waals surface area contributed by atoms with Crippen molar-refractivity contribution < 1.29 is 4.79 Å². The first-order valence-corrected chi connectivity index (χ1v) is 5.54. The fourth-order valence-electron chi connectivity index (χ4n) is 0.887. The number of hydrogen-bond donors (Lipinski definition) is 1. The highest BCUT2D eigenvalue weighted by Crippen LogP contribution is 1.97. The third kappa shape index (κ3) is 5.20. The molecular formula is C11H23N3O. The van der Waals surface area contributed by atoms with E-state index in [0.717, 1.165) is 12.1 Å². The van der Waals surface area contributed by atoms with Gasteiger partial charge < -0.3 is 5.32 Å². The fourth-order valence-corrected chi connectivity index (χ4v) is 0.887. The van der Waals surface area contributed by atoms with Gasteiger partial charge in [-0.3, -0.25) is 0 Å². The van der Waals surface area contributed by atoms with Crippen molar-refractivity contribution >= 4 is 6.03 Å². The van der Waals surface area contributed by atoms with E-state index < -0.39 is 0 Å². The largest absolute Gasteiger partial charge is 0.342 e. The summed E-state index contributed by atoms with van der Waals surface area (Å²) in [5, 5.41) is 6.37. The molecule has 0 spiro atoms. The Morgan fingerprint density at radius 1 is 1.40 bits per heavy atom. The van der Waals surface area contributed by atoms with Gasteiger partial charge in [0.25, 0.3) is 0 Å². The van der Waals surface area contributed by atoms with Gasteiger partial charge in [-0.2, -0.15) is 9.78 Å². The van der Waals surface area contributed by atoms with Crippen LogP contribution >= 0.6 is 0 Å². The van der Waals surface area contributed by atoms with Crippen LogP contribution in [0, 0.1) is 0 Å². The van der Waals surface area contributed by atoms with E-state index in [2.05, 4.69) is 10.4 Å². The van der Waals surface area contributed by atoms with E-state index in [0.29, 0.717) is 0 Å². The summed E-state index contributed by atoms with van der Waals surface area (Å²) in [6.07, 6.45) is 2.43. The van der Waals surface area contributed by atoms with Crippen molar-refractivity contribution in [3.05, 3.63) is 18.0 Å². The Bertz CT molecular complexity index is 256. The zero-order chi connectivity index (χ0) is 12.3. The first-order valence-electron chi connectivity index (χ1n) is 5.54. The summed E-state index contributed by atoms with van der Waals surface area (Å²) < 4.78 is 1.36. The second-order valence-electron chi connectivity index (χ2n) is 2.14. The molecule has 0 fully saturated rings. The predicted octanol–water partition coefficient (Wildman–Crippen LogP) is 2.69. The summed E-state index contributed by atoms with van der Waals surface area (Å²) in [5.41, 5.74) is 0.921. The highest BCUT2D eigenvalue weighted by molar-refractivity contribution is 5.76. The second-order valence-corrected chi connectivity index (χ2v) is 2.14. The maximum Gasteiger partial charge on any atom is 0.342 e. The van der Waals surface area contributed by atoms with Crippen LogP contribution in [-0.2, 0) is 6.42 Å². The number of nitrogens with zero attached hydrogens (tertiary/aromatic N) is 2. The Morgan fingerprint density at radius 2 is 1.93 bits per heavy atom. The molecule has 0 aromatic carbocycles. The van der Waals surface area contributed by atoms with Crippen molar-refractivity contribution in [1.29, 1.82) is 0 Å². The minimum Gasteiger partial charge on any atom is -0.339 e. The molecule has 0 atom stereocenters. The smallest absolute Gasteiger partial charge is 0.339 e. The lowest BCUT2D eigenvalue weighted by molar-refractivity contribution is 0.241. The Morgan fingerprint density at radius 3 is 2.33 bits per heavy atom. The molecule has 1 heterocycles. The molecule has 1 amide bonds. The third-order valence-corrected chi connectivity index (χ3v) is 1.49. The van der Waals surface area contributed by atoms with Crippen LogP contribution in [-0.4, -0.2) is 22.9 Å². The molecule has 0 saturated heterocycles. The fraction of sp³-hybridized carbons (Fsp3) is 0.636. The third-order valence-electron chi connectivity index (χ3n) is 1.49. The molecule has 4 heteroatoms. The average molecular weight is 213 g/mol. The van der Waals surface area contributed by atoms with Crippen LogP contribution in [0.3, 0.4) is 0 Å². The maximum atomic E-state index is 11.0. The summed E-state index contributed by atoms with van der Waals surface area (Å²) in [6.45, 7) is 9.98. The Labute approximate surface area is 92.7 Å². The van der Waals surface area contributed by atoms with Gasteiger partial charge in [0.15, 0.2) is 0 Å². The topological polar surface area (TPSA) is 46.9 Å². The van der Waals surface area contributed by atoms with Crippen molar-refractivity contribution in [2.24, 2.45) is 0 Å². The number of nitrogens with one attached hydrogen (secondary N) is 1. The average Bonchev–Trinajstić information content (AvgIpc) is 2.81. The number of aryl methyl sites for hydroxylation is 1. The molecule has 0 aliphatic rings. The predicted molar refractivity (Wildman–Crippen MR) is 64.2 cm³/mol. The van der Waals surface area contributed by atoms with E-state index in [1.54, 1.807) is 13.2 Å². The Balaban J connectivity index is 0. The summed E-state index contributed by atoms with van der Waals surface area (Å²) in [6, 6.07) is 1.64. The van der Waals surface area contributed by atoms with Crippen molar-refractivity contribution in [1.82, 2.24) is 15.1 Å². The SMILES string of the molecule is CC.CC.CCc1ccnn1C(=O)NC. The molecule has 0 aliphatic heterocycles. The van der Waals surface area contributed by atoms with Crippen LogP contribution in [0.15, 0.2) is 12.3 Å². The minimum atomic E-state index is -0.188. The normalized spacial score (nSPS) is 7.87. The van der Waals surface area contributed by atoms with Gasteiger partial charge in [-0.05, 0) is 12.5 Å². The van der Waals surface area contributed by atoms with Gasteiger partial charge in [0.1, 0.15) is 0 Å². The first-order chi connectivity index (χ1) is 7.29. The quantitative estimate of drug-likeness (QED) is 0.779. The number of hydrogen-bond acceptors (Lipinski definition) is 2. The Hall–Kier alpha value is -1.32. The summed E-state index contributed by atoms with van der Waals surface area (Å²) in [7, 11) is 1.59. The second kappa shape index (κ2) is 10.8.